The Hall–Kier alpha value is -1.30. The van der Waals surface area contributed by atoms with Crippen LogP contribution in [0.15, 0.2) is 17.1 Å². The van der Waals surface area contributed by atoms with Crippen molar-refractivity contribution in [1.29, 1.82) is 0 Å². The molecule has 6 heteroatoms. The highest BCUT2D eigenvalue weighted by atomic mass is 32.2. The highest BCUT2D eigenvalue weighted by Crippen LogP contribution is 2.48. The lowest BCUT2D eigenvalue weighted by atomic mass is 10.1. The molecular formula is C12H18N2O3S. The molecule has 1 aliphatic carbocycles. The molecule has 1 aromatic heterocycles. The van der Waals surface area contributed by atoms with Gasteiger partial charge in [-0.25, -0.2) is 8.42 Å². The zero-order valence-electron chi connectivity index (χ0n) is 10.6. The van der Waals surface area contributed by atoms with Crippen molar-refractivity contribution in [2.45, 2.75) is 33.1 Å². The molecule has 0 amide bonds. The molecule has 18 heavy (non-hydrogen) atoms. The van der Waals surface area contributed by atoms with E-state index in [2.05, 4.69) is 16.6 Å². The lowest BCUT2D eigenvalue weighted by Crippen LogP contribution is -2.20. The van der Waals surface area contributed by atoms with E-state index in [-0.39, 0.29) is 16.7 Å². The maximum atomic E-state index is 11.9. The third-order valence-electron chi connectivity index (χ3n) is 3.44. The van der Waals surface area contributed by atoms with Crippen molar-refractivity contribution in [3.8, 4) is 0 Å². The predicted octanol–water partition coefficient (Wildman–Crippen LogP) is 1.62. The van der Waals surface area contributed by atoms with E-state index >= 15 is 0 Å². The summed E-state index contributed by atoms with van der Waals surface area (Å²) in [6.45, 7) is 3.74. The SMILES string of the molecule is Cc1cc(NS(=O)(=O)CCC2(C)CC2)c[nH]c1=O. The van der Waals surface area contributed by atoms with E-state index in [4.69, 9.17) is 0 Å². The molecule has 0 unspecified atom stereocenters. The van der Waals surface area contributed by atoms with Gasteiger partial charge >= 0.3 is 0 Å². The number of aromatic amines is 1. The molecule has 0 bridgehead atoms. The average molecular weight is 270 g/mol. The number of sulfonamides is 1. The first-order chi connectivity index (χ1) is 8.30. The molecule has 2 N–H and O–H groups in total. The number of hydrogen-bond donors (Lipinski definition) is 2. The fourth-order valence-electron chi connectivity index (χ4n) is 1.73. The molecule has 0 radical (unpaired) electrons. The van der Waals surface area contributed by atoms with Gasteiger partial charge in [-0.05, 0) is 37.7 Å². The Labute approximate surface area is 107 Å². The van der Waals surface area contributed by atoms with Crippen LogP contribution >= 0.6 is 0 Å². The van der Waals surface area contributed by atoms with Crippen molar-refractivity contribution >= 4 is 15.7 Å². The van der Waals surface area contributed by atoms with E-state index in [1.807, 2.05) is 0 Å². The third-order valence-corrected chi connectivity index (χ3v) is 4.73. The van der Waals surface area contributed by atoms with Crippen LogP contribution in [0.2, 0.25) is 0 Å². The summed E-state index contributed by atoms with van der Waals surface area (Å²) in [5.74, 6) is 0.127. The van der Waals surface area contributed by atoms with Crippen LogP contribution in [0.4, 0.5) is 5.69 Å². The van der Waals surface area contributed by atoms with E-state index in [1.54, 1.807) is 6.92 Å². The molecule has 0 aromatic carbocycles. The maximum Gasteiger partial charge on any atom is 0.250 e. The first kappa shape index (κ1) is 13.1. The van der Waals surface area contributed by atoms with Crippen molar-refractivity contribution in [2.24, 2.45) is 5.41 Å². The molecule has 1 heterocycles. The number of pyridine rings is 1. The molecule has 100 valence electrons. The first-order valence-corrected chi connectivity index (χ1v) is 7.65. The van der Waals surface area contributed by atoms with Crippen LogP contribution in [0.25, 0.3) is 0 Å². The summed E-state index contributed by atoms with van der Waals surface area (Å²) >= 11 is 0. The van der Waals surface area contributed by atoms with Crippen LogP contribution in [-0.4, -0.2) is 19.2 Å². The number of aromatic nitrogens is 1. The van der Waals surface area contributed by atoms with Crippen molar-refractivity contribution in [2.75, 3.05) is 10.5 Å². The summed E-state index contributed by atoms with van der Waals surface area (Å²) in [5.41, 5.74) is 0.913. The Balaban J connectivity index is 2.02. The highest BCUT2D eigenvalue weighted by molar-refractivity contribution is 7.92. The lowest BCUT2D eigenvalue weighted by molar-refractivity contribution is 0.537. The molecule has 1 aromatic rings. The quantitative estimate of drug-likeness (QED) is 0.853. The summed E-state index contributed by atoms with van der Waals surface area (Å²) in [4.78, 5) is 13.7. The zero-order valence-corrected chi connectivity index (χ0v) is 11.4. The average Bonchev–Trinajstić information content (AvgIpc) is 3.00. The van der Waals surface area contributed by atoms with Gasteiger partial charge in [-0.15, -0.1) is 0 Å². The van der Waals surface area contributed by atoms with Crippen LogP contribution in [0.5, 0.6) is 0 Å². The van der Waals surface area contributed by atoms with Gasteiger partial charge in [0.05, 0.1) is 11.4 Å². The molecule has 5 nitrogen and oxygen atoms in total. The molecule has 0 saturated heterocycles. The normalized spacial score (nSPS) is 17.4. The number of H-pyrrole nitrogens is 1. The second kappa shape index (κ2) is 4.42. The van der Waals surface area contributed by atoms with Crippen LogP contribution in [0, 0.1) is 12.3 Å². The molecule has 1 fully saturated rings. The Morgan fingerprint density at radius 3 is 2.67 bits per heavy atom. The molecule has 1 aliphatic rings. The van der Waals surface area contributed by atoms with Gasteiger partial charge in [0.1, 0.15) is 0 Å². The van der Waals surface area contributed by atoms with Gasteiger partial charge in [-0.3, -0.25) is 9.52 Å². The molecule has 0 atom stereocenters. The van der Waals surface area contributed by atoms with Gasteiger partial charge < -0.3 is 4.98 Å². The summed E-state index contributed by atoms with van der Waals surface area (Å²) < 4.78 is 26.2. The smallest absolute Gasteiger partial charge is 0.250 e. The largest absolute Gasteiger partial charge is 0.327 e. The van der Waals surface area contributed by atoms with Gasteiger partial charge in [-0.2, -0.15) is 0 Å². The summed E-state index contributed by atoms with van der Waals surface area (Å²) in [6.07, 6.45) is 4.29. The molecule has 0 spiro atoms. The number of nitrogens with one attached hydrogen (secondary N) is 2. The second-order valence-corrected chi connectivity index (χ2v) is 7.22. The van der Waals surface area contributed by atoms with Gasteiger partial charge in [0.15, 0.2) is 0 Å². The zero-order chi connectivity index (χ0) is 13.4. The minimum atomic E-state index is -3.33. The van der Waals surface area contributed by atoms with Gasteiger partial charge in [0, 0.05) is 11.8 Å². The molecular weight excluding hydrogens is 252 g/mol. The van der Waals surface area contributed by atoms with E-state index in [1.165, 1.54) is 12.3 Å². The van der Waals surface area contributed by atoms with Crippen LogP contribution < -0.4 is 10.3 Å². The number of hydrogen-bond acceptors (Lipinski definition) is 3. The van der Waals surface area contributed by atoms with Crippen molar-refractivity contribution in [1.82, 2.24) is 4.98 Å². The summed E-state index contributed by atoms with van der Waals surface area (Å²) in [5, 5.41) is 0. The fourth-order valence-corrected chi connectivity index (χ4v) is 3.07. The van der Waals surface area contributed by atoms with Crippen LogP contribution in [-0.2, 0) is 10.0 Å². The predicted molar refractivity (Wildman–Crippen MR) is 71.2 cm³/mol. The molecule has 1 saturated carbocycles. The second-order valence-electron chi connectivity index (χ2n) is 5.38. The minimum absolute atomic E-state index is 0.127. The monoisotopic (exact) mass is 270 g/mol. The Morgan fingerprint density at radius 2 is 2.11 bits per heavy atom. The fraction of sp³-hybridized carbons (Fsp3) is 0.583. The Bertz CT molecular complexity index is 600. The Morgan fingerprint density at radius 1 is 1.44 bits per heavy atom. The lowest BCUT2D eigenvalue weighted by Gasteiger charge is -2.11. The number of aryl methyl sites for hydroxylation is 1. The number of anilines is 1. The Kier molecular flexibility index (Phi) is 3.23. The summed E-state index contributed by atoms with van der Waals surface area (Å²) in [6, 6.07) is 1.54. The minimum Gasteiger partial charge on any atom is -0.327 e. The van der Waals surface area contributed by atoms with Crippen molar-refractivity contribution < 1.29 is 8.42 Å². The maximum absolute atomic E-state index is 11.9. The van der Waals surface area contributed by atoms with E-state index in [9.17, 15) is 13.2 Å². The summed E-state index contributed by atoms with van der Waals surface area (Å²) in [7, 11) is -3.33. The van der Waals surface area contributed by atoms with E-state index in [0.717, 1.165) is 12.8 Å². The van der Waals surface area contributed by atoms with Gasteiger partial charge in [0.2, 0.25) is 10.0 Å². The topological polar surface area (TPSA) is 79.0 Å². The molecule has 2 rings (SSSR count). The van der Waals surface area contributed by atoms with Crippen LogP contribution in [0.3, 0.4) is 0 Å². The van der Waals surface area contributed by atoms with Crippen molar-refractivity contribution in [3.05, 3.63) is 28.2 Å². The highest BCUT2D eigenvalue weighted by Gasteiger charge is 2.37. The van der Waals surface area contributed by atoms with E-state index in [0.29, 0.717) is 17.7 Å². The first-order valence-electron chi connectivity index (χ1n) is 6.00. The molecule has 0 aliphatic heterocycles. The van der Waals surface area contributed by atoms with Crippen molar-refractivity contribution in [3.63, 3.8) is 0 Å². The van der Waals surface area contributed by atoms with E-state index < -0.39 is 10.0 Å². The standard InChI is InChI=1S/C12H18N2O3S/c1-9-7-10(8-13-11(9)15)14-18(16,17)6-5-12(2)3-4-12/h7-8,14H,3-6H2,1-2H3,(H,13,15). The number of rotatable bonds is 5. The van der Waals surface area contributed by atoms with Gasteiger partial charge in [-0.1, -0.05) is 6.92 Å². The third kappa shape index (κ3) is 3.35. The van der Waals surface area contributed by atoms with Gasteiger partial charge in [0.25, 0.3) is 5.56 Å². The van der Waals surface area contributed by atoms with Crippen LogP contribution in [0.1, 0.15) is 31.7 Å².